The van der Waals surface area contributed by atoms with Crippen molar-refractivity contribution in [2.45, 2.75) is 51.5 Å². The Morgan fingerprint density at radius 2 is 2.21 bits per heavy atom. The lowest BCUT2D eigenvalue weighted by molar-refractivity contribution is -0.125. The number of amides is 1. The molecule has 0 aliphatic heterocycles. The van der Waals surface area contributed by atoms with Crippen molar-refractivity contribution in [2.75, 3.05) is 6.61 Å². The first-order valence-corrected chi connectivity index (χ1v) is 5.51. The van der Waals surface area contributed by atoms with Crippen LogP contribution in [0.4, 0.5) is 0 Å². The second-order valence-electron chi connectivity index (χ2n) is 4.62. The van der Waals surface area contributed by atoms with Crippen LogP contribution in [-0.2, 0) is 4.79 Å². The van der Waals surface area contributed by atoms with Gasteiger partial charge in [0, 0.05) is 6.42 Å². The zero-order chi connectivity index (χ0) is 10.6. The van der Waals surface area contributed by atoms with Gasteiger partial charge >= 0.3 is 0 Å². The third kappa shape index (κ3) is 2.98. The van der Waals surface area contributed by atoms with Crippen LogP contribution in [0.3, 0.4) is 0 Å². The predicted octanol–water partition coefficient (Wildman–Crippen LogP) is 1.45. The van der Waals surface area contributed by atoms with Crippen LogP contribution in [-0.4, -0.2) is 23.2 Å². The first kappa shape index (κ1) is 11.5. The number of aliphatic hydroxyl groups is 1. The molecule has 1 amide bonds. The maximum absolute atomic E-state index is 11.6. The van der Waals surface area contributed by atoms with E-state index in [4.69, 9.17) is 5.11 Å². The molecule has 0 radical (unpaired) electrons. The molecule has 0 aromatic heterocycles. The molecule has 1 atom stereocenters. The van der Waals surface area contributed by atoms with Crippen molar-refractivity contribution in [3.63, 3.8) is 0 Å². The minimum Gasteiger partial charge on any atom is -0.394 e. The molecule has 0 saturated heterocycles. The van der Waals surface area contributed by atoms with E-state index >= 15 is 0 Å². The van der Waals surface area contributed by atoms with Crippen LogP contribution < -0.4 is 5.32 Å². The van der Waals surface area contributed by atoms with Gasteiger partial charge in [-0.25, -0.2) is 0 Å². The Balaban J connectivity index is 2.30. The molecule has 3 nitrogen and oxygen atoms in total. The number of carbonyl (C=O) groups excluding carboxylic acids is 1. The van der Waals surface area contributed by atoms with Crippen LogP contribution in [0, 0.1) is 5.92 Å². The first-order valence-electron chi connectivity index (χ1n) is 5.51. The summed E-state index contributed by atoms with van der Waals surface area (Å²) in [6.45, 7) is 3.87. The van der Waals surface area contributed by atoms with Gasteiger partial charge in [-0.1, -0.05) is 13.3 Å². The lowest BCUT2D eigenvalue weighted by atomic mass is 9.82. The van der Waals surface area contributed by atoms with E-state index in [1.165, 1.54) is 19.3 Å². The van der Waals surface area contributed by atoms with Gasteiger partial charge in [-0.2, -0.15) is 0 Å². The molecule has 0 heterocycles. The molecule has 1 unspecified atom stereocenters. The van der Waals surface area contributed by atoms with E-state index in [1.807, 2.05) is 13.8 Å². The second-order valence-corrected chi connectivity index (χ2v) is 4.62. The topological polar surface area (TPSA) is 49.3 Å². The average Bonchev–Trinajstić information content (AvgIpc) is 2.11. The minimum atomic E-state index is -0.430. The summed E-state index contributed by atoms with van der Waals surface area (Å²) >= 11 is 0. The fourth-order valence-electron chi connectivity index (χ4n) is 1.59. The van der Waals surface area contributed by atoms with E-state index in [2.05, 4.69) is 5.32 Å². The van der Waals surface area contributed by atoms with Crippen molar-refractivity contribution < 1.29 is 9.90 Å². The molecule has 0 aromatic carbocycles. The second kappa shape index (κ2) is 4.78. The van der Waals surface area contributed by atoms with E-state index < -0.39 is 5.54 Å². The Bertz CT molecular complexity index is 195. The van der Waals surface area contributed by atoms with Crippen molar-refractivity contribution in [3.05, 3.63) is 0 Å². The van der Waals surface area contributed by atoms with E-state index in [0.717, 1.165) is 6.42 Å². The summed E-state index contributed by atoms with van der Waals surface area (Å²) < 4.78 is 0. The van der Waals surface area contributed by atoms with Crippen molar-refractivity contribution in [1.82, 2.24) is 5.32 Å². The Morgan fingerprint density at radius 3 is 2.57 bits per heavy atom. The molecule has 1 fully saturated rings. The maximum Gasteiger partial charge on any atom is 0.220 e. The standard InChI is InChI=1S/C11H21NO2/c1-3-11(2,8-13)12-10(14)7-9-5-4-6-9/h9,13H,3-8H2,1-2H3,(H,12,14). The predicted molar refractivity (Wildman–Crippen MR) is 55.9 cm³/mol. The monoisotopic (exact) mass is 199 g/mol. The zero-order valence-electron chi connectivity index (χ0n) is 9.18. The molecule has 3 heteroatoms. The summed E-state index contributed by atoms with van der Waals surface area (Å²) in [5.41, 5.74) is -0.430. The van der Waals surface area contributed by atoms with Crippen LogP contribution >= 0.6 is 0 Å². The minimum absolute atomic E-state index is 0.0138. The summed E-state index contributed by atoms with van der Waals surface area (Å²) in [5.74, 6) is 0.683. The summed E-state index contributed by atoms with van der Waals surface area (Å²) in [6, 6.07) is 0. The number of hydrogen-bond donors (Lipinski definition) is 2. The quantitative estimate of drug-likeness (QED) is 0.704. The van der Waals surface area contributed by atoms with Gasteiger partial charge in [0.05, 0.1) is 12.1 Å². The third-order valence-electron chi connectivity index (χ3n) is 3.27. The lowest BCUT2D eigenvalue weighted by Crippen LogP contribution is -2.49. The van der Waals surface area contributed by atoms with E-state index in [9.17, 15) is 4.79 Å². The average molecular weight is 199 g/mol. The van der Waals surface area contributed by atoms with Gasteiger partial charge in [0.2, 0.25) is 5.91 Å². The van der Waals surface area contributed by atoms with Crippen LogP contribution in [0.2, 0.25) is 0 Å². The van der Waals surface area contributed by atoms with Gasteiger partial charge in [-0.05, 0) is 32.1 Å². The number of rotatable bonds is 5. The van der Waals surface area contributed by atoms with Crippen LogP contribution in [0.15, 0.2) is 0 Å². The molecule has 1 aliphatic rings. The lowest BCUT2D eigenvalue weighted by Gasteiger charge is -2.30. The molecule has 14 heavy (non-hydrogen) atoms. The van der Waals surface area contributed by atoms with E-state index in [1.54, 1.807) is 0 Å². The Hall–Kier alpha value is -0.570. The van der Waals surface area contributed by atoms with Gasteiger partial charge in [0.1, 0.15) is 0 Å². The summed E-state index contributed by atoms with van der Waals surface area (Å²) in [4.78, 5) is 11.6. The van der Waals surface area contributed by atoms with Gasteiger partial charge in [-0.3, -0.25) is 4.79 Å². The van der Waals surface area contributed by atoms with Crippen molar-refractivity contribution in [3.8, 4) is 0 Å². The summed E-state index contributed by atoms with van der Waals surface area (Å²) in [6.07, 6.45) is 5.04. The van der Waals surface area contributed by atoms with E-state index in [0.29, 0.717) is 12.3 Å². The molecular formula is C11H21NO2. The van der Waals surface area contributed by atoms with Crippen molar-refractivity contribution in [1.29, 1.82) is 0 Å². The Morgan fingerprint density at radius 1 is 1.57 bits per heavy atom. The maximum atomic E-state index is 11.6. The Labute approximate surface area is 85.9 Å². The molecule has 82 valence electrons. The summed E-state index contributed by atoms with van der Waals surface area (Å²) in [5, 5.41) is 12.0. The van der Waals surface area contributed by atoms with Crippen molar-refractivity contribution >= 4 is 5.91 Å². The normalized spacial score (nSPS) is 21.1. The van der Waals surface area contributed by atoms with Gasteiger partial charge in [0.25, 0.3) is 0 Å². The SMILES string of the molecule is CCC(C)(CO)NC(=O)CC1CCC1. The molecular weight excluding hydrogens is 178 g/mol. The fourth-order valence-corrected chi connectivity index (χ4v) is 1.59. The highest BCUT2D eigenvalue weighted by Gasteiger charge is 2.26. The highest BCUT2D eigenvalue weighted by atomic mass is 16.3. The highest BCUT2D eigenvalue weighted by Crippen LogP contribution is 2.29. The van der Waals surface area contributed by atoms with Gasteiger partial charge < -0.3 is 10.4 Å². The van der Waals surface area contributed by atoms with Crippen LogP contribution in [0.5, 0.6) is 0 Å². The zero-order valence-corrected chi connectivity index (χ0v) is 9.18. The smallest absolute Gasteiger partial charge is 0.220 e. The fraction of sp³-hybridized carbons (Fsp3) is 0.909. The van der Waals surface area contributed by atoms with Crippen molar-refractivity contribution in [2.24, 2.45) is 5.92 Å². The number of aliphatic hydroxyl groups excluding tert-OH is 1. The first-order chi connectivity index (χ1) is 6.59. The molecule has 1 aliphatic carbocycles. The third-order valence-corrected chi connectivity index (χ3v) is 3.27. The van der Waals surface area contributed by atoms with Crippen LogP contribution in [0.1, 0.15) is 46.0 Å². The molecule has 0 aromatic rings. The van der Waals surface area contributed by atoms with Gasteiger partial charge in [0.15, 0.2) is 0 Å². The molecule has 2 N–H and O–H groups in total. The number of carbonyl (C=O) groups is 1. The largest absolute Gasteiger partial charge is 0.394 e. The molecule has 0 spiro atoms. The summed E-state index contributed by atoms with van der Waals surface area (Å²) in [7, 11) is 0. The van der Waals surface area contributed by atoms with Crippen LogP contribution in [0.25, 0.3) is 0 Å². The molecule has 0 bridgehead atoms. The molecule has 1 saturated carbocycles. The number of nitrogens with one attached hydrogen (secondary N) is 1. The Kier molecular flexibility index (Phi) is 3.93. The molecule has 1 rings (SSSR count). The van der Waals surface area contributed by atoms with Gasteiger partial charge in [-0.15, -0.1) is 0 Å². The highest BCUT2D eigenvalue weighted by molar-refractivity contribution is 5.77. The number of hydrogen-bond acceptors (Lipinski definition) is 2. The van der Waals surface area contributed by atoms with E-state index in [-0.39, 0.29) is 12.5 Å².